The minimum Gasteiger partial charge on any atom is -0.0584 e. The summed E-state index contributed by atoms with van der Waals surface area (Å²) in [5.74, 6) is 2.62. The molecule has 1 atom stereocenters. The van der Waals surface area contributed by atoms with E-state index in [4.69, 9.17) is 0 Å². The van der Waals surface area contributed by atoms with Gasteiger partial charge in [0.1, 0.15) is 0 Å². The SMILES string of the molecule is C[C+]1CC(C)CC(C)(C)C1. The topological polar surface area (TPSA) is 0 Å². The van der Waals surface area contributed by atoms with Gasteiger partial charge in [0.15, 0.2) is 0 Å². The van der Waals surface area contributed by atoms with Crippen LogP contribution in [0, 0.1) is 17.3 Å². The van der Waals surface area contributed by atoms with Crippen LogP contribution in [-0.2, 0) is 0 Å². The molecule has 1 unspecified atom stereocenters. The van der Waals surface area contributed by atoms with E-state index in [0.717, 1.165) is 5.92 Å². The van der Waals surface area contributed by atoms with Gasteiger partial charge in [0.25, 0.3) is 0 Å². The maximum absolute atomic E-state index is 2.38. The molecule has 0 N–H and O–H groups in total. The molecule has 0 aromatic carbocycles. The van der Waals surface area contributed by atoms with Crippen molar-refractivity contribution in [2.45, 2.75) is 47.0 Å². The van der Waals surface area contributed by atoms with Gasteiger partial charge in [0.2, 0.25) is 0 Å². The second-order valence-corrected chi connectivity index (χ2v) is 4.81. The number of hydrogen-bond acceptors (Lipinski definition) is 0. The van der Waals surface area contributed by atoms with E-state index in [-0.39, 0.29) is 0 Å². The predicted molar refractivity (Wildman–Crippen MR) is 45.7 cm³/mol. The summed E-state index contributed by atoms with van der Waals surface area (Å²) in [6.07, 6.45) is 4.12. The summed E-state index contributed by atoms with van der Waals surface area (Å²) in [6, 6.07) is 0. The predicted octanol–water partition coefficient (Wildman–Crippen LogP) is 3.43. The summed E-state index contributed by atoms with van der Waals surface area (Å²) in [7, 11) is 0. The highest BCUT2D eigenvalue weighted by Gasteiger charge is 2.36. The molecule has 10 heavy (non-hydrogen) atoms. The molecule has 0 heterocycles. The summed E-state index contributed by atoms with van der Waals surface area (Å²) >= 11 is 0. The third-order valence-electron chi connectivity index (χ3n) is 2.38. The van der Waals surface area contributed by atoms with Crippen molar-refractivity contribution in [2.24, 2.45) is 11.3 Å². The van der Waals surface area contributed by atoms with Crippen molar-refractivity contribution >= 4 is 0 Å². The van der Waals surface area contributed by atoms with Gasteiger partial charge in [-0.25, -0.2) is 0 Å². The van der Waals surface area contributed by atoms with Gasteiger partial charge in [-0.15, -0.1) is 0 Å². The second kappa shape index (κ2) is 2.48. The molecule has 1 aliphatic rings. The van der Waals surface area contributed by atoms with E-state index >= 15 is 0 Å². The number of hydrogen-bond donors (Lipinski definition) is 0. The van der Waals surface area contributed by atoms with Crippen molar-refractivity contribution in [1.29, 1.82) is 0 Å². The second-order valence-electron chi connectivity index (χ2n) is 4.81. The molecule has 0 radical (unpaired) electrons. The van der Waals surface area contributed by atoms with Crippen LogP contribution in [0.5, 0.6) is 0 Å². The molecule has 1 fully saturated rings. The number of rotatable bonds is 0. The summed E-state index contributed by atoms with van der Waals surface area (Å²) in [5.41, 5.74) is 0.585. The molecule has 0 spiro atoms. The van der Waals surface area contributed by atoms with Gasteiger partial charge in [0.05, 0.1) is 25.7 Å². The van der Waals surface area contributed by atoms with E-state index in [1.165, 1.54) is 19.3 Å². The maximum atomic E-state index is 2.38. The van der Waals surface area contributed by atoms with Crippen molar-refractivity contribution in [3.8, 4) is 0 Å². The van der Waals surface area contributed by atoms with Crippen LogP contribution in [0.25, 0.3) is 0 Å². The van der Waals surface area contributed by atoms with E-state index in [0.29, 0.717) is 5.41 Å². The molecule has 0 amide bonds. The highest BCUT2D eigenvalue weighted by Crippen LogP contribution is 2.42. The fraction of sp³-hybridized carbons (Fsp3) is 0.900. The smallest absolute Gasteiger partial charge is 0.0584 e. The summed E-state index contributed by atoms with van der Waals surface area (Å²) < 4.78 is 0. The van der Waals surface area contributed by atoms with Crippen molar-refractivity contribution in [2.75, 3.05) is 0 Å². The first-order valence-electron chi connectivity index (χ1n) is 4.31. The Morgan fingerprint density at radius 2 is 2.00 bits per heavy atom. The molecule has 1 aliphatic carbocycles. The van der Waals surface area contributed by atoms with Gasteiger partial charge in [0, 0.05) is 5.41 Å². The lowest BCUT2D eigenvalue weighted by Crippen LogP contribution is -2.24. The largest absolute Gasteiger partial charge is 0.0948 e. The summed E-state index contributed by atoms with van der Waals surface area (Å²) in [6.45, 7) is 9.43. The Labute approximate surface area is 65.0 Å². The lowest BCUT2D eigenvalue weighted by Gasteiger charge is -2.30. The van der Waals surface area contributed by atoms with Crippen molar-refractivity contribution in [3.63, 3.8) is 0 Å². The van der Waals surface area contributed by atoms with E-state index < -0.39 is 0 Å². The van der Waals surface area contributed by atoms with Crippen molar-refractivity contribution in [1.82, 2.24) is 0 Å². The molecule has 0 aromatic rings. The quantitative estimate of drug-likeness (QED) is 0.451. The highest BCUT2D eigenvalue weighted by atomic mass is 14.3. The summed E-state index contributed by atoms with van der Waals surface area (Å²) in [5, 5.41) is 0. The van der Waals surface area contributed by atoms with Crippen LogP contribution in [0.2, 0.25) is 0 Å². The van der Waals surface area contributed by atoms with E-state index in [1.807, 2.05) is 0 Å². The van der Waals surface area contributed by atoms with Crippen LogP contribution in [0.3, 0.4) is 0 Å². The monoisotopic (exact) mass is 139 g/mol. The molecule has 0 nitrogen and oxygen atoms in total. The van der Waals surface area contributed by atoms with Crippen LogP contribution in [0.1, 0.15) is 47.0 Å². The molecular weight excluding hydrogens is 120 g/mol. The zero-order valence-corrected chi connectivity index (χ0v) is 7.70. The first kappa shape index (κ1) is 7.97. The lowest BCUT2D eigenvalue weighted by molar-refractivity contribution is 0.211. The van der Waals surface area contributed by atoms with E-state index in [9.17, 15) is 0 Å². The van der Waals surface area contributed by atoms with Crippen LogP contribution >= 0.6 is 0 Å². The fourth-order valence-electron chi connectivity index (χ4n) is 2.57. The Kier molecular flexibility index (Phi) is 1.98. The van der Waals surface area contributed by atoms with Crippen LogP contribution in [-0.4, -0.2) is 0 Å². The highest BCUT2D eigenvalue weighted by molar-refractivity contribution is 4.97. The first-order chi connectivity index (χ1) is 4.49. The maximum Gasteiger partial charge on any atom is 0.0948 e. The molecule has 0 aliphatic heterocycles. The van der Waals surface area contributed by atoms with Gasteiger partial charge in [-0.1, -0.05) is 20.8 Å². The molecule has 1 rings (SSSR count). The Balaban J connectivity index is 2.51. The van der Waals surface area contributed by atoms with Crippen molar-refractivity contribution < 1.29 is 0 Å². The van der Waals surface area contributed by atoms with Crippen LogP contribution in [0.4, 0.5) is 0 Å². The fourth-order valence-corrected chi connectivity index (χ4v) is 2.57. The minimum atomic E-state index is 0.585. The first-order valence-corrected chi connectivity index (χ1v) is 4.31. The average molecular weight is 139 g/mol. The minimum absolute atomic E-state index is 0.585. The zero-order valence-electron chi connectivity index (χ0n) is 7.70. The van der Waals surface area contributed by atoms with E-state index in [2.05, 4.69) is 27.7 Å². The third-order valence-corrected chi connectivity index (χ3v) is 2.38. The molecule has 0 saturated heterocycles. The molecule has 0 heteroatoms. The Morgan fingerprint density at radius 1 is 1.40 bits per heavy atom. The van der Waals surface area contributed by atoms with Gasteiger partial charge in [-0.3, -0.25) is 0 Å². The van der Waals surface area contributed by atoms with Gasteiger partial charge < -0.3 is 0 Å². The standard InChI is InChI=1S/C10H19/c1-8-5-9(2)7-10(3,4)6-8/h8H,5-7H2,1-4H3/q+1. The molecule has 58 valence electrons. The lowest BCUT2D eigenvalue weighted by atomic mass is 9.69. The Bertz CT molecular complexity index is 101. The molecule has 0 aromatic heterocycles. The average Bonchev–Trinajstić information content (AvgIpc) is 1.54. The van der Waals surface area contributed by atoms with Gasteiger partial charge in [-0.05, 0) is 12.3 Å². The molecule has 0 bridgehead atoms. The molecule has 1 saturated carbocycles. The van der Waals surface area contributed by atoms with E-state index in [1.54, 1.807) is 5.92 Å². The van der Waals surface area contributed by atoms with Crippen molar-refractivity contribution in [3.05, 3.63) is 5.92 Å². The van der Waals surface area contributed by atoms with Gasteiger partial charge >= 0.3 is 0 Å². The Hall–Kier alpha value is -0.130. The van der Waals surface area contributed by atoms with Crippen LogP contribution < -0.4 is 0 Å². The van der Waals surface area contributed by atoms with Gasteiger partial charge in [-0.2, -0.15) is 0 Å². The summed E-state index contributed by atoms with van der Waals surface area (Å²) in [4.78, 5) is 0. The zero-order chi connectivity index (χ0) is 7.78. The van der Waals surface area contributed by atoms with Crippen LogP contribution in [0.15, 0.2) is 0 Å². The molecular formula is C10H19+. The Morgan fingerprint density at radius 3 is 2.40 bits per heavy atom. The normalized spacial score (nSPS) is 32.4. The third kappa shape index (κ3) is 1.93.